The van der Waals surface area contributed by atoms with E-state index in [0.29, 0.717) is 0 Å². The van der Waals surface area contributed by atoms with Crippen molar-refractivity contribution in [1.29, 1.82) is 0 Å². The van der Waals surface area contributed by atoms with E-state index >= 15 is 0 Å². The molecule has 0 saturated heterocycles. The standard InChI is InChI=1S/C38H34N2/c1-25-14-18-31-26(22-25)15-21-36(31)38(27-10-6-4-7-11-27,28-12-8-5-9-13-28)37-34-23-29(39-2)16-19-32(34)33-20-17-30(40-3)24-35(33)37/h4-24,36-37,39-40H,1-3H3. The van der Waals surface area contributed by atoms with Crippen molar-refractivity contribution in [3.63, 3.8) is 0 Å². The molecule has 0 spiro atoms. The molecule has 0 amide bonds. The fourth-order valence-corrected chi connectivity index (χ4v) is 7.35. The maximum Gasteiger partial charge on any atom is 0.0415 e. The zero-order valence-corrected chi connectivity index (χ0v) is 23.3. The fourth-order valence-electron chi connectivity index (χ4n) is 7.35. The Bertz CT molecular complexity index is 1640. The largest absolute Gasteiger partial charge is 0.388 e. The molecule has 0 saturated carbocycles. The molecule has 1 atom stereocenters. The van der Waals surface area contributed by atoms with Crippen LogP contribution >= 0.6 is 0 Å². The van der Waals surface area contributed by atoms with Crippen LogP contribution in [-0.2, 0) is 5.41 Å². The normalized spacial score (nSPS) is 15.4. The first-order valence-electron chi connectivity index (χ1n) is 14.2. The van der Waals surface area contributed by atoms with Crippen LogP contribution in [0.4, 0.5) is 11.4 Å². The third-order valence-electron chi connectivity index (χ3n) is 9.09. The average Bonchev–Trinajstić information content (AvgIpc) is 3.57. The maximum atomic E-state index is 3.42. The van der Waals surface area contributed by atoms with E-state index in [-0.39, 0.29) is 11.8 Å². The monoisotopic (exact) mass is 518 g/mol. The van der Waals surface area contributed by atoms with Gasteiger partial charge in [-0.05, 0) is 75.7 Å². The lowest BCUT2D eigenvalue weighted by atomic mass is 9.55. The van der Waals surface area contributed by atoms with Crippen molar-refractivity contribution in [3.8, 4) is 11.1 Å². The lowest BCUT2D eigenvalue weighted by molar-refractivity contribution is 0.417. The van der Waals surface area contributed by atoms with Gasteiger partial charge in [0, 0.05) is 42.7 Å². The number of rotatable bonds is 6. The summed E-state index contributed by atoms with van der Waals surface area (Å²) in [4.78, 5) is 0. The second-order valence-electron chi connectivity index (χ2n) is 11.1. The second-order valence-corrected chi connectivity index (χ2v) is 11.1. The summed E-state index contributed by atoms with van der Waals surface area (Å²) < 4.78 is 0. The highest BCUT2D eigenvalue weighted by Crippen LogP contribution is 2.63. The lowest BCUT2D eigenvalue weighted by Crippen LogP contribution is -2.40. The van der Waals surface area contributed by atoms with Crippen LogP contribution in [0.2, 0.25) is 0 Å². The van der Waals surface area contributed by atoms with Crippen molar-refractivity contribution < 1.29 is 0 Å². The molecule has 0 aliphatic heterocycles. The van der Waals surface area contributed by atoms with Crippen LogP contribution in [0.3, 0.4) is 0 Å². The second kappa shape index (κ2) is 9.57. The van der Waals surface area contributed by atoms with Gasteiger partial charge in [0.05, 0.1) is 0 Å². The molecule has 5 aromatic rings. The molecular formula is C38H34N2. The lowest BCUT2D eigenvalue weighted by Gasteiger charge is -2.46. The van der Waals surface area contributed by atoms with E-state index in [9.17, 15) is 0 Å². The molecule has 2 aliphatic rings. The van der Waals surface area contributed by atoms with Crippen LogP contribution in [0.1, 0.15) is 50.8 Å². The van der Waals surface area contributed by atoms with E-state index in [1.165, 1.54) is 50.1 Å². The Morgan fingerprint density at radius 1 is 0.575 bits per heavy atom. The van der Waals surface area contributed by atoms with E-state index < -0.39 is 5.41 Å². The fraction of sp³-hybridized carbons (Fsp3) is 0.158. The summed E-state index contributed by atoms with van der Waals surface area (Å²) >= 11 is 0. The molecule has 0 fully saturated rings. The smallest absolute Gasteiger partial charge is 0.0415 e. The topological polar surface area (TPSA) is 24.1 Å². The predicted octanol–water partition coefficient (Wildman–Crippen LogP) is 8.99. The van der Waals surface area contributed by atoms with Crippen molar-refractivity contribution in [1.82, 2.24) is 0 Å². The summed E-state index contributed by atoms with van der Waals surface area (Å²) in [7, 11) is 4.02. The number of allylic oxidation sites excluding steroid dienone is 1. The van der Waals surface area contributed by atoms with Gasteiger partial charge in [0.15, 0.2) is 0 Å². The zero-order valence-electron chi connectivity index (χ0n) is 23.3. The van der Waals surface area contributed by atoms with Crippen molar-refractivity contribution >= 4 is 17.5 Å². The van der Waals surface area contributed by atoms with Gasteiger partial charge in [-0.2, -0.15) is 0 Å². The minimum Gasteiger partial charge on any atom is -0.388 e. The number of hydrogen-bond donors (Lipinski definition) is 2. The predicted molar refractivity (Wildman–Crippen MR) is 169 cm³/mol. The Labute approximate surface area is 237 Å². The minimum atomic E-state index is -0.391. The highest BCUT2D eigenvalue weighted by molar-refractivity contribution is 5.84. The summed E-state index contributed by atoms with van der Waals surface area (Å²) in [6, 6.07) is 43.2. The molecule has 1 unspecified atom stereocenters. The van der Waals surface area contributed by atoms with Crippen molar-refractivity contribution in [2.24, 2.45) is 0 Å². The number of nitrogens with one attached hydrogen (secondary N) is 2. The molecule has 2 N–H and O–H groups in total. The number of aryl methyl sites for hydroxylation is 1. The van der Waals surface area contributed by atoms with Gasteiger partial charge < -0.3 is 10.6 Å². The summed E-state index contributed by atoms with van der Waals surface area (Å²) in [5.74, 6) is 0.235. The van der Waals surface area contributed by atoms with Crippen LogP contribution in [0.5, 0.6) is 0 Å². The summed E-state index contributed by atoms with van der Waals surface area (Å²) in [5, 5.41) is 6.85. The number of benzene rings is 5. The Balaban J connectivity index is 1.63. The molecule has 196 valence electrons. The van der Waals surface area contributed by atoms with Gasteiger partial charge in [-0.15, -0.1) is 0 Å². The van der Waals surface area contributed by atoms with E-state index in [4.69, 9.17) is 0 Å². The van der Waals surface area contributed by atoms with Gasteiger partial charge >= 0.3 is 0 Å². The first kappa shape index (κ1) is 24.5. The van der Waals surface area contributed by atoms with Gasteiger partial charge in [-0.25, -0.2) is 0 Å². The van der Waals surface area contributed by atoms with E-state index in [2.05, 4.69) is 145 Å². The van der Waals surface area contributed by atoms with Crippen LogP contribution in [-0.4, -0.2) is 14.1 Å². The van der Waals surface area contributed by atoms with Gasteiger partial charge in [-0.3, -0.25) is 0 Å². The molecule has 40 heavy (non-hydrogen) atoms. The molecular weight excluding hydrogens is 484 g/mol. The Morgan fingerprint density at radius 3 is 1.65 bits per heavy atom. The molecule has 7 rings (SSSR count). The van der Waals surface area contributed by atoms with E-state index in [0.717, 1.165) is 11.4 Å². The highest BCUT2D eigenvalue weighted by atomic mass is 14.8. The van der Waals surface area contributed by atoms with Crippen molar-refractivity contribution in [2.45, 2.75) is 24.2 Å². The zero-order chi connectivity index (χ0) is 27.3. The maximum absolute atomic E-state index is 3.42. The van der Waals surface area contributed by atoms with Crippen LogP contribution in [0.15, 0.2) is 121 Å². The third kappa shape index (κ3) is 3.56. The summed E-state index contributed by atoms with van der Waals surface area (Å²) in [5.41, 5.74) is 13.9. The van der Waals surface area contributed by atoms with Crippen LogP contribution in [0.25, 0.3) is 17.2 Å². The molecule has 2 nitrogen and oxygen atoms in total. The van der Waals surface area contributed by atoms with Crippen LogP contribution in [0, 0.1) is 6.92 Å². The van der Waals surface area contributed by atoms with Gasteiger partial charge in [0.2, 0.25) is 0 Å². The Morgan fingerprint density at radius 2 is 1.12 bits per heavy atom. The quantitative estimate of drug-likeness (QED) is 0.234. The molecule has 0 bridgehead atoms. The third-order valence-corrected chi connectivity index (χ3v) is 9.09. The molecule has 0 radical (unpaired) electrons. The molecule has 2 aliphatic carbocycles. The Kier molecular flexibility index (Phi) is 5.86. The summed E-state index contributed by atoms with van der Waals surface area (Å²) in [6.07, 6.45) is 4.81. The van der Waals surface area contributed by atoms with Gasteiger partial charge in [0.25, 0.3) is 0 Å². The van der Waals surface area contributed by atoms with Gasteiger partial charge in [0.1, 0.15) is 0 Å². The average molecular weight is 519 g/mol. The van der Waals surface area contributed by atoms with E-state index in [1.54, 1.807) is 0 Å². The van der Waals surface area contributed by atoms with E-state index in [1.807, 2.05) is 14.1 Å². The van der Waals surface area contributed by atoms with Crippen molar-refractivity contribution in [2.75, 3.05) is 24.7 Å². The molecule has 0 heterocycles. The SMILES string of the molecule is CNc1ccc2c(c1)C(C(c1ccccc1)(c1ccccc1)C1C=Cc3cc(C)ccc31)c1cc(NC)ccc1-2. The molecule has 0 aromatic heterocycles. The summed E-state index contributed by atoms with van der Waals surface area (Å²) in [6.45, 7) is 2.19. The van der Waals surface area contributed by atoms with Crippen molar-refractivity contribution in [3.05, 3.63) is 160 Å². The Hall–Kier alpha value is -4.56. The number of hydrogen-bond acceptors (Lipinski definition) is 2. The van der Waals surface area contributed by atoms with Gasteiger partial charge in [-0.1, -0.05) is 109 Å². The molecule has 5 aromatic carbocycles. The first-order valence-corrected chi connectivity index (χ1v) is 14.2. The molecule has 2 heteroatoms. The minimum absolute atomic E-state index is 0.0887. The number of anilines is 2. The first-order chi connectivity index (χ1) is 19.6. The highest BCUT2D eigenvalue weighted by Gasteiger charge is 2.53. The number of fused-ring (bicyclic) bond motifs is 4. The van der Waals surface area contributed by atoms with Crippen LogP contribution < -0.4 is 10.6 Å².